The number of rotatable bonds is 4. The molecule has 0 unspecified atom stereocenters. The molecule has 0 N–H and O–H groups in total. The van der Waals surface area contributed by atoms with Crippen molar-refractivity contribution in [1.29, 1.82) is 0 Å². The van der Waals surface area contributed by atoms with E-state index in [9.17, 15) is 9.59 Å². The molecule has 3 aromatic rings. The average molecular weight is 392 g/mol. The van der Waals surface area contributed by atoms with Crippen LogP contribution in [-0.4, -0.2) is 19.2 Å². The van der Waals surface area contributed by atoms with Crippen LogP contribution in [0.25, 0.3) is 11.0 Å². The summed E-state index contributed by atoms with van der Waals surface area (Å²) in [4.78, 5) is 24.9. The Morgan fingerprint density at radius 3 is 2.69 bits per heavy atom. The molecule has 0 radical (unpaired) electrons. The third kappa shape index (κ3) is 3.05. The first-order chi connectivity index (χ1) is 14.1. The molecule has 0 saturated carbocycles. The summed E-state index contributed by atoms with van der Waals surface area (Å²) in [6.45, 7) is 1.89. The van der Waals surface area contributed by atoms with Crippen LogP contribution in [0.2, 0.25) is 0 Å². The Labute approximate surface area is 167 Å². The van der Waals surface area contributed by atoms with Crippen LogP contribution in [0.15, 0.2) is 39.5 Å². The van der Waals surface area contributed by atoms with Crippen molar-refractivity contribution in [3.8, 4) is 17.2 Å². The Bertz CT molecular complexity index is 1190. The first-order valence-corrected chi connectivity index (χ1v) is 9.75. The summed E-state index contributed by atoms with van der Waals surface area (Å²) in [6.07, 6.45) is 3.76. The van der Waals surface area contributed by atoms with Gasteiger partial charge < -0.3 is 18.6 Å². The lowest BCUT2D eigenvalue weighted by atomic mass is 9.90. The van der Waals surface area contributed by atoms with Crippen molar-refractivity contribution in [2.24, 2.45) is 0 Å². The molecule has 2 aliphatic rings. The number of carbonyl (C=O) groups is 1. The summed E-state index contributed by atoms with van der Waals surface area (Å²) < 4.78 is 22.0. The Hall–Kier alpha value is -3.28. The molecular weight excluding hydrogens is 372 g/mol. The second-order valence-corrected chi connectivity index (χ2v) is 7.40. The Morgan fingerprint density at radius 1 is 1.03 bits per heavy atom. The molecule has 0 fully saturated rings. The molecule has 5 rings (SSSR count). The lowest BCUT2D eigenvalue weighted by Gasteiger charge is -2.18. The van der Waals surface area contributed by atoms with Crippen molar-refractivity contribution in [1.82, 2.24) is 0 Å². The molecule has 0 saturated heterocycles. The van der Waals surface area contributed by atoms with E-state index in [0.717, 1.165) is 47.8 Å². The average Bonchev–Trinajstić information content (AvgIpc) is 3.22. The zero-order valence-corrected chi connectivity index (χ0v) is 16.1. The highest BCUT2D eigenvalue weighted by Gasteiger charge is 2.21. The maximum Gasteiger partial charge on any atom is 0.339 e. The summed E-state index contributed by atoms with van der Waals surface area (Å²) in [6, 6.07) is 8.84. The molecule has 2 aromatic carbocycles. The molecule has 0 amide bonds. The van der Waals surface area contributed by atoms with Crippen LogP contribution < -0.4 is 19.8 Å². The van der Waals surface area contributed by atoms with Crippen LogP contribution in [0.5, 0.6) is 17.2 Å². The fourth-order valence-corrected chi connectivity index (χ4v) is 4.08. The van der Waals surface area contributed by atoms with E-state index >= 15 is 0 Å². The van der Waals surface area contributed by atoms with Crippen LogP contribution in [0.4, 0.5) is 0 Å². The van der Waals surface area contributed by atoms with Crippen LogP contribution in [0, 0.1) is 6.92 Å². The van der Waals surface area contributed by atoms with E-state index in [-0.39, 0.29) is 24.8 Å². The third-order valence-electron chi connectivity index (χ3n) is 5.64. The molecule has 1 aromatic heterocycles. The Morgan fingerprint density at radius 2 is 1.83 bits per heavy atom. The Balaban J connectivity index is 1.41. The molecule has 29 heavy (non-hydrogen) atoms. The third-order valence-corrected chi connectivity index (χ3v) is 5.64. The fraction of sp³-hybridized carbons (Fsp3) is 0.304. The molecule has 0 spiro atoms. The summed E-state index contributed by atoms with van der Waals surface area (Å²) in [5.74, 6) is 1.55. The van der Waals surface area contributed by atoms with Gasteiger partial charge in [0.1, 0.15) is 11.3 Å². The number of ketones is 1. The Kier molecular flexibility index (Phi) is 4.27. The zero-order valence-electron chi connectivity index (χ0n) is 16.1. The van der Waals surface area contributed by atoms with Gasteiger partial charge in [0, 0.05) is 22.1 Å². The van der Waals surface area contributed by atoms with E-state index in [1.165, 1.54) is 0 Å². The number of fused-ring (bicyclic) bond motifs is 4. The van der Waals surface area contributed by atoms with Gasteiger partial charge in [0.25, 0.3) is 0 Å². The van der Waals surface area contributed by atoms with Crippen molar-refractivity contribution in [2.75, 3.05) is 13.4 Å². The maximum absolute atomic E-state index is 12.5. The number of hydrogen-bond acceptors (Lipinski definition) is 6. The van der Waals surface area contributed by atoms with E-state index in [1.807, 2.05) is 19.1 Å². The van der Waals surface area contributed by atoms with Gasteiger partial charge in [0.15, 0.2) is 23.9 Å². The standard InChI is InChI=1S/C23H20O6/c1-13-19(26-11-18(24)14-6-8-20-21(10-14)28-12-27-20)9-7-16-15-4-2-3-5-17(15)23(25)29-22(13)16/h6-10H,2-5,11-12H2,1H3. The van der Waals surface area contributed by atoms with E-state index in [4.69, 9.17) is 18.6 Å². The van der Waals surface area contributed by atoms with Crippen molar-refractivity contribution in [2.45, 2.75) is 32.6 Å². The predicted octanol–water partition coefficient (Wildman–Crippen LogP) is 3.97. The molecule has 6 heteroatoms. The number of carbonyl (C=O) groups excluding carboxylic acids is 1. The number of benzene rings is 2. The second-order valence-electron chi connectivity index (χ2n) is 7.40. The van der Waals surface area contributed by atoms with E-state index in [1.54, 1.807) is 18.2 Å². The summed E-state index contributed by atoms with van der Waals surface area (Å²) in [5.41, 5.74) is 3.40. The highest BCUT2D eigenvalue weighted by molar-refractivity contribution is 5.98. The summed E-state index contributed by atoms with van der Waals surface area (Å²) in [7, 11) is 0. The van der Waals surface area contributed by atoms with Gasteiger partial charge >= 0.3 is 5.63 Å². The number of ether oxygens (including phenoxy) is 3. The normalized spacial score (nSPS) is 14.7. The molecule has 1 aliphatic carbocycles. The van der Waals surface area contributed by atoms with E-state index in [0.29, 0.717) is 28.4 Å². The quantitative estimate of drug-likeness (QED) is 0.494. The minimum Gasteiger partial charge on any atom is -0.485 e. The van der Waals surface area contributed by atoms with E-state index < -0.39 is 0 Å². The van der Waals surface area contributed by atoms with Crippen LogP contribution in [0.1, 0.15) is 39.9 Å². The molecule has 0 bridgehead atoms. The zero-order chi connectivity index (χ0) is 20.0. The molecule has 0 atom stereocenters. The highest BCUT2D eigenvalue weighted by Crippen LogP contribution is 2.34. The van der Waals surface area contributed by atoms with Gasteiger partial charge in [0.05, 0.1) is 0 Å². The van der Waals surface area contributed by atoms with Crippen LogP contribution >= 0.6 is 0 Å². The minimum absolute atomic E-state index is 0.124. The molecular formula is C23H20O6. The van der Waals surface area contributed by atoms with Crippen molar-refractivity contribution in [3.05, 3.63) is 63.0 Å². The number of hydrogen-bond donors (Lipinski definition) is 0. The monoisotopic (exact) mass is 392 g/mol. The van der Waals surface area contributed by atoms with Crippen LogP contribution in [0.3, 0.4) is 0 Å². The van der Waals surface area contributed by atoms with Crippen LogP contribution in [-0.2, 0) is 12.8 Å². The SMILES string of the molecule is Cc1c(OCC(=O)c2ccc3c(c2)OCO3)ccc2c3c(c(=O)oc12)CCCC3. The first kappa shape index (κ1) is 17.8. The summed E-state index contributed by atoms with van der Waals surface area (Å²) >= 11 is 0. The largest absolute Gasteiger partial charge is 0.485 e. The predicted molar refractivity (Wildman–Crippen MR) is 106 cm³/mol. The molecule has 148 valence electrons. The van der Waals surface area contributed by atoms with Crippen molar-refractivity contribution < 1.29 is 23.4 Å². The second kappa shape index (κ2) is 6.95. The first-order valence-electron chi connectivity index (χ1n) is 9.75. The van der Waals surface area contributed by atoms with Gasteiger partial charge in [-0.1, -0.05) is 0 Å². The number of Topliss-reactive ketones (excluding diaryl/α,β-unsaturated/α-hetero) is 1. The van der Waals surface area contributed by atoms with Gasteiger partial charge in [-0.3, -0.25) is 4.79 Å². The van der Waals surface area contributed by atoms with Gasteiger partial charge in [-0.25, -0.2) is 4.79 Å². The molecule has 1 aliphatic heterocycles. The maximum atomic E-state index is 12.5. The topological polar surface area (TPSA) is 75.0 Å². The lowest BCUT2D eigenvalue weighted by Crippen LogP contribution is -2.16. The van der Waals surface area contributed by atoms with Gasteiger partial charge in [-0.15, -0.1) is 0 Å². The number of aryl methyl sites for hydroxylation is 2. The van der Waals surface area contributed by atoms with Crippen molar-refractivity contribution >= 4 is 16.8 Å². The highest BCUT2D eigenvalue weighted by atomic mass is 16.7. The fourth-order valence-electron chi connectivity index (χ4n) is 4.08. The summed E-state index contributed by atoms with van der Waals surface area (Å²) in [5, 5.41) is 0.964. The lowest BCUT2D eigenvalue weighted by molar-refractivity contribution is 0.0920. The van der Waals surface area contributed by atoms with Crippen molar-refractivity contribution in [3.63, 3.8) is 0 Å². The smallest absolute Gasteiger partial charge is 0.339 e. The van der Waals surface area contributed by atoms with E-state index in [2.05, 4.69) is 0 Å². The van der Waals surface area contributed by atoms with Gasteiger partial charge in [-0.05, 0) is 68.5 Å². The molecule has 6 nitrogen and oxygen atoms in total. The minimum atomic E-state index is -0.260. The van der Waals surface area contributed by atoms with Gasteiger partial charge in [-0.2, -0.15) is 0 Å². The van der Waals surface area contributed by atoms with Gasteiger partial charge in [0.2, 0.25) is 6.79 Å². The molecule has 2 heterocycles.